The van der Waals surface area contributed by atoms with Gasteiger partial charge in [-0.15, -0.1) is 0 Å². The van der Waals surface area contributed by atoms with Crippen molar-refractivity contribution < 1.29 is 0 Å². The normalized spacial score (nSPS) is 19.2. The van der Waals surface area contributed by atoms with Gasteiger partial charge >= 0.3 is 0 Å². The summed E-state index contributed by atoms with van der Waals surface area (Å²) >= 11 is 0. The van der Waals surface area contributed by atoms with Crippen molar-refractivity contribution >= 4 is 5.69 Å². The van der Waals surface area contributed by atoms with E-state index < -0.39 is 0 Å². The van der Waals surface area contributed by atoms with Crippen molar-refractivity contribution in [3.63, 3.8) is 0 Å². The third-order valence-corrected chi connectivity index (χ3v) is 3.25. The first kappa shape index (κ1) is 10.5. The Hall–Kier alpha value is -0.980. The first-order valence-corrected chi connectivity index (χ1v) is 6.27. The van der Waals surface area contributed by atoms with Gasteiger partial charge in [-0.05, 0) is 25.0 Å². The van der Waals surface area contributed by atoms with Gasteiger partial charge in [-0.3, -0.25) is 0 Å². The van der Waals surface area contributed by atoms with Gasteiger partial charge in [-0.1, -0.05) is 50.3 Å². The fourth-order valence-corrected chi connectivity index (χ4v) is 2.37. The van der Waals surface area contributed by atoms with E-state index in [9.17, 15) is 0 Å². The molecule has 0 heterocycles. The lowest BCUT2D eigenvalue weighted by Crippen LogP contribution is -2.20. The molecule has 0 saturated heterocycles. The Morgan fingerprint density at radius 2 is 1.40 bits per heavy atom. The molecule has 1 aliphatic rings. The number of benzene rings is 1. The van der Waals surface area contributed by atoms with Crippen LogP contribution in [0, 0.1) is 0 Å². The summed E-state index contributed by atoms with van der Waals surface area (Å²) < 4.78 is 0. The summed E-state index contributed by atoms with van der Waals surface area (Å²) in [6.45, 7) is 0. The zero-order valence-corrected chi connectivity index (χ0v) is 9.41. The van der Waals surface area contributed by atoms with Crippen LogP contribution in [0.3, 0.4) is 0 Å². The first-order chi connectivity index (χ1) is 7.45. The summed E-state index contributed by atoms with van der Waals surface area (Å²) in [4.78, 5) is 0. The summed E-state index contributed by atoms with van der Waals surface area (Å²) in [5.41, 5.74) is 1.28. The Kier molecular flexibility index (Phi) is 4.07. The summed E-state index contributed by atoms with van der Waals surface area (Å²) in [5.74, 6) is 0. The van der Waals surface area contributed by atoms with E-state index in [-0.39, 0.29) is 0 Å². The minimum absolute atomic E-state index is 0.702. The Morgan fingerprint density at radius 1 is 0.800 bits per heavy atom. The molecule has 1 fully saturated rings. The second kappa shape index (κ2) is 5.79. The van der Waals surface area contributed by atoms with Gasteiger partial charge in [0.1, 0.15) is 0 Å². The molecule has 1 N–H and O–H groups in total. The molecule has 1 heteroatoms. The maximum absolute atomic E-state index is 3.65. The summed E-state index contributed by atoms with van der Waals surface area (Å²) in [6, 6.07) is 11.3. The van der Waals surface area contributed by atoms with Gasteiger partial charge in [-0.25, -0.2) is 0 Å². The van der Waals surface area contributed by atoms with Crippen molar-refractivity contribution in [1.82, 2.24) is 0 Å². The van der Waals surface area contributed by atoms with Gasteiger partial charge in [0, 0.05) is 11.7 Å². The average Bonchev–Trinajstić information content (AvgIpc) is 2.23. The number of hydrogen-bond donors (Lipinski definition) is 1. The maximum atomic E-state index is 3.65. The van der Waals surface area contributed by atoms with Gasteiger partial charge in [-0.2, -0.15) is 0 Å². The highest BCUT2D eigenvalue weighted by atomic mass is 14.9. The fourth-order valence-electron chi connectivity index (χ4n) is 2.37. The van der Waals surface area contributed by atoms with Gasteiger partial charge in [0.25, 0.3) is 0 Å². The second-order valence-electron chi connectivity index (χ2n) is 4.55. The molecule has 0 spiro atoms. The van der Waals surface area contributed by atoms with Crippen LogP contribution < -0.4 is 5.32 Å². The van der Waals surface area contributed by atoms with Crippen LogP contribution in [0.1, 0.15) is 44.9 Å². The van der Waals surface area contributed by atoms with Crippen LogP contribution in [-0.2, 0) is 0 Å². The Bertz CT molecular complexity index is 260. The molecule has 0 aliphatic heterocycles. The molecular formula is C14H21N. The SMILES string of the molecule is c1ccc(NC2CCCCCCC2)cc1. The van der Waals surface area contributed by atoms with E-state index in [1.807, 2.05) is 0 Å². The van der Waals surface area contributed by atoms with E-state index in [0.29, 0.717) is 6.04 Å². The summed E-state index contributed by atoms with van der Waals surface area (Å²) in [7, 11) is 0. The zero-order valence-electron chi connectivity index (χ0n) is 9.41. The first-order valence-electron chi connectivity index (χ1n) is 6.27. The lowest BCUT2D eigenvalue weighted by molar-refractivity contribution is 0.471. The van der Waals surface area contributed by atoms with Crippen molar-refractivity contribution in [3.8, 4) is 0 Å². The van der Waals surface area contributed by atoms with Crippen LogP contribution in [0.25, 0.3) is 0 Å². The topological polar surface area (TPSA) is 12.0 Å². The Morgan fingerprint density at radius 3 is 2.07 bits per heavy atom. The minimum Gasteiger partial charge on any atom is -0.382 e. The molecule has 1 nitrogen and oxygen atoms in total. The number of rotatable bonds is 2. The van der Waals surface area contributed by atoms with E-state index in [1.165, 1.54) is 50.6 Å². The third-order valence-electron chi connectivity index (χ3n) is 3.25. The molecule has 0 aromatic heterocycles. The highest BCUT2D eigenvalue weighted by Crippen LogP contribution is 2.20. The molecule has 0 bridgehead atoms. The molecule has 0 unspecified atom stereocenters. The molecule has 1 aromatic carbocycles. The molecule has 1 aromatic rings. The number of anilines is 1. The van der Waals surface area contributed by atoms with E-state index in [4.69, 9.17) is 0 Å². The van der Waals surface area contributed by atoms with Gasteiger partial charge in [0.15, 0.2) is 0 Å². The molecule has 82 valence electrons. The summed E-state index contributed by atoms with van der Waals surface area (Å²) in [6.07, 6.45) is 9.76. The maximum Gasteiger partial charge on any atom is 0.0342 e. The lowest BCUT2D eigenvalue weighted by Gasteiger charge is -2.22. The largest absolute Gasteiger partial charge is 0.382 e. The van der Waals surface area contributed by atoms with Crippen LogP contribution in [0.2, 0.25) is 0 Å². The van der Waals surface area contributed by atoms with E-state index in [1.54, 1.807) is 0 Å². The van der Waals surface area contributed by atoms with Gasteiger partial charge in [0.2, 0.25) is 0 Å². The third kappa shape index (κ3) is 3.58. The molecule has 0 radical (unpaired) electrons. The van der Waals surface area contributed by atoms with E-state index >= 15 is 0 Å². The number of hydrogen-bond acceptors (Lipinski definition) is 1. The monoisotopic (exact) mass is 203 g/mol. The van der Waals surface area contributed by atoms with Crippen LogP contribution in [0.5, 0.6) is 0 Å². The van der Waals surface area contributed by atoms with E-state index in [0.717, 1.165) is 0 Å². The minimum atomic E-state index is 0.702. The van der Waals surface area contributed by atoms with Gasteiger partial charge < -0.3 is 5.32 Å². The van der Waals surface area contributed by atoms with Crippen molar-refractivity contribution in [2.24, 2.45) is 0 Å². The molecule has 15 heavy (non-hydrogen) atoms. The van der Waals surface area contributed by atoms with Crippen LogP contribution >= 0.6 is 0 Å². The predicted octanol–water partition coefficient (Wildman–Crippen LogP) is 4.21. The zero-order chi connectivity index (χ0) is 10.3. The van der Waals surface area contributed by atoms with Crippen LogP contribution in [-0.4, -0.2) is 6.04 Å². The average molecular weight is 203 g/mol. The van der Waals surface area contributed by atoms with E-state index in [2.05, 4.69) is 35.6 Å². The standard InChI is InChI=1S/C14H21N/c1-2-5-9-13(10-6-3-1)15-14-11-7-4-8-12-14/h4,7-8,11-13,15H,1-3,5-6,9-10H2. The molecular weight excluding hydrogens is 182 g/mol. The molecule has 1 aliphatic carbocycles. The van der Waals surface area contributed by atoms with Crippen molar-refractivity contribution in [3.05, 3.63) is 30.3 Å². The molecule has 0 atom stereocenters. The Labute approximate surface area is 92.9 Å². The second-order valence-corrected chi connectivity index (χ2v) is 4.55. The fraction of sp³-hybridized carbons (Fsp3) is 0.571. The highest BCUT2D eigenvalue weighted by molar-refractivity contribution is 5.43. The Balaban J connectivity index is 1.86. The highest BCUT2D eigenvalue weighted by Gasteiger charge is 2.10. The van der Waals surface area contributed by atoms with Crippen LogP contribution in [0.15, 0.2) is 30.3 Å². The number of nitrogens with one attached hydrogen (secondary N) is 1. The predicted molar refractivity (Wildman–Crippen MR) is 66.2 cm³/mol. The summed E-state index contributed by atoms with van der Waals surface area (Å²) in [5, 5.41) is 3.65. The van der Waals surface area contributed by atoms with Crippen molar-refractivity contribution in [2.75, 3.05) is 5.32 Å². The lowest BCUT2D eigenvalue weighted by atomic mass is 9.96. The van der Waals surface area contributed by atoms with Crippen molar-refractivity contribution in [1.29, 1.82) is 0 Å². The van der Waals surface area contributed by atoms with Crippen LogP contribution in [0.4, 0.5) is 5.69 Å². The smallest absolute Gasteiger partial charge is 0.0342 e. The number of para-hydroxylation sites is 1. The van der Waals surface area contributed by atoms with Crippen molar-refractivity contribution in [2.45, 2.75) is 51.0 Å². The van der Waals surface area contributed by atoms with Gasteiger partial charge in [0.05, 0.1) is 0 Å². The quantitative estimate of drug-likeness (QED) is 0.759. The molecule has 0 amide bonds. The molecule has 2 rings (SSSR count). The molecule has 1 saturated carbocycles.